The van der Waals surface area contributed by atoms with E-state index in [1.807, 2.05) is 55.5 Å². The maximum Gasteiger partial charge on any atom is 0.330 e. The number of methoxy groups -OCH3 is 1. The van der Waals surface area contributed by atoms with E-state index in [9.17, 15) is 9.59 Å². The third-order valence-electron chi connectivity index (χ3n) is 7.96. The standard InChI is InChI=1S/C29H27ClN6O3.C5H10O/c1-16-18(19-8-5-9-20(25(19)30)22-12-11-17(15-31)27(34-22)39-4)7-6-10-21(16)33-26-24-23(13-14-32-26)35(2)29(38)36(3)28(24)37;1-2-4-6-5-3-1/h5-14H,15,31H2,1-4H3,(H,32,33);1-5H2. The quantitative estimate of drug-likeness (QED) is 0.244. The molecule has 5 aromatic rings. The number of nitrogens with one attached hydrogen (secondary N) is 1. The van der Waals surface area contributed by atoms with Gasteiger partial charge in [0, 0.05) is 62.4 Å². The van der Waals surface area contributed by atoms with Gasteiger partial charge in [-0.1, -0.05) is 48.0 Å². The number of fused-ring (bicyclic) bond motifs is 1. The lowest BCUT2D eigenvalue weighted by Crippen LogP contribution is -2.37. The van der Waals surface area contributed by atoms with Gasteiger partial charge in [-0.2, -0.15) is 0 Å². The number of aromatic nitrogens is 4. The molecule has 234 valence electrons. The zero-order valence-corrected chi connectivity index (χ0v) is 26.6. The van der Waals surface area contributed by atoms with Crippen LogP contribution in [0.15, 0.2) is 70.4 Å². The topological polar surface area (TPSA) is 126 Å². The summed E-state index contributed by atoms with van der Waals surface area (Å²) in [4.78, 5) is 34.5. The molecule has 0 spiro atoms. The van der Waals surface area contributed by atoms with Crippen LogP contribution in [0.3, 0.4) is 0 Å². The smallest absolute Gasteiger partial charge is 0.330 e. The van der Waals surface area contributed by atoms with Gasteiger partial charge in [0.1, 0.15) is 11.2 Å². The second kappa shape index (κ2) is 14.1. The summed E-state index contributed by atoms with van der Waals surface area (Å²) in [6.07, 6.45) is 5.50. The molecule has 0 saturated carbocycles. The van der Waals surface area contributed by atoms with Crippen molar-refractivity contribution in [1.82, 2.24) is 19.1 Å². The van der Waals surface area contributed by atoms with Crippen molar-refractivity contribution in [2.45, 2.75) is 32.7 Å². The summed E-state index contributed by atoms with van der Waals surface area (Å²) >= 11 is 6.97. The van der Waals surface area contributed by atoms with E-state index in [0.29, 0.717) is 39.9 Å². The van der Waals surface area contributed by atoms with Gasteiger partial charge in [0.25, 0.3) is 5.56 Å². The predicted molar refractivity (Wildman–Crippen MR) is 179 cm³/mol. The Morgan fingerprint density at radius 1 is 0.956 bits per heavy atom. The number of ether oxygens (including phenoxy) is 2. The molecule has 1 aliphatic heterocycles. The molecule has 45 heavy (non-hydrogen) atoms. The first kappa shape index (κ1) is 31.9. The zero-order chi connectivity index (χ0) is 32.1. The van der Waals surface area contributed by atoms with Crippen LogP contribution in [0.25, 0.3) is 33.3 Å². The lowest BCUT2D eigenvalue weighted by atomic mass is 9.96. The summed E-state index contributed by atoms with van der Waals surface area (Å²) in [5.41, 5.74) is 11.1. The van der Waals surface area contributed by atoms with E-state index in [1.54, 1.807) is 26.4 Å². The minimum absolute atomic E-state index is 0.317. The van der Waals surface area contributed by atoms with E-state index < -0.39 is 11.2 Å². The first-order valence-corrected chi connectivity index (χ1v) is 15.2. The molecule has 0 amide bonds. The van der Waals surface area contributed by atoms with E-state index in [1.165, 1.54) is 30.9 Å². The number of rotatable bonds is 6. The molecule has 0 aliphatic carbocycles. The lowest BCUT2D eigenvalue weighted by Gasteiger charge is -2.17. The largest absolute Gasteiger partial charge is 0.481 e. The second-order valence-corrected chi connectivity index (χ2v) is 11.1. The van der Waals surface area contributed by atoms with Gasteiger partial charge < -0.3 is 20.5 Å². The highest BCUT2D eigenvalue weighted by molar-refractivity contribution is 6.36. The predicted octanol–water partition coefficient (Wildman–Crippen LogP) is 5.72. The van der Waals surface area contributed by atoms with E-state index in [2.05, 4.69) is 15.3 Å². The molecule has 1 fully saturated rings. The molecule has 3 aromatic heterocycles. The molecule has 1 aliphatic rings. The van der Waals surface area contributed by atoms with Gasteiger partial charge in [0.2, 0.25) is 5.88 Å². The fourth-order valence-electron chi connectivity index (χ4n) is 5.39. The Balaban J connectivity index is 0.000000598. The molecule has 11 heteroatoms. The summed E-state index contributed by atoms with van der Waals surface area (Å²) in [6.45, 7) is 4.29. The van der Waals surface area contributed by atoms with E-state index in [-0.39, 0.29) is 0 Å². The molecule has 3 N–H and O–H groups in total. The molecule has 1 saturated heterocycles. The van der Waals surface area contributed by atoms with E-state index >= 15 is 0 Å². The number of nitrogens with two attached hydrogens (primary N) is 1. The highest BCUT2D eigenvalue weighted by atomic mass is 35.5. The SMILES string of the molecule is C1CCOCC1.COc1nc(-c2cccc(-c3cccc(Nc4nccc5c4c(=O)n(C)c(=O)n5C)c3C)c2Cl)ccc1CN. The van der Waals surface area contributed by atoms with Crippen molar-refractivity contribution in [3.05, 3.63) is 97.8 Å². The summed E-state index contributed by atoms with van der Waals surface area (Å²) in [5, 5.41) is 4.18. The highest BCUT2D eigenvalue weighted by Crippen LogP contribution is 2.39. The zero-order valence-electron chi connectivity index (χ0n) is 25.9. The van der Waals surface area contributed by atoms with Crippen molar-refractivity contribution in [1.29, 1.82) is 0 Å². The maximum absolute atomic E-state index is 13.0. The Hall–Kier alpha value is -4.51. The first-order valence-electron chi connectivity index (χ1n) is 14.8. The second-order valence-electron chi connectivity index (χ2n) is 10.8. The van der Waals surface area contributed by atoms with Gasteiger partial charge in [-0.3, -0.25) is 13.9 Å². The molecule has 0 bridgehead atoms. The normalized spacial score (nSPS) is 12.8. The summed E-state index contributed by atoms with van der Waals surface area (Å²) in [6, 6.07) is 17.0. The molecule has 4 heterocycles. The van der Waals surface area contributed by atoms with Crippen LogP contribution in [0.5, 0.6) is 5.88 Å². The molecule has 2 aromatic carbocycles. The van der Waals surface area contributed by atoms with E-state index in [0.717, 1.165) is 51.3 Å². The van der Waals surface area contributed by atoms with Crippen molar-refractivity contribution < 1.29 is 9.47 Å². The van der Waals surface area contributed by atoms with Crippen molar-refractivity contribution in [3.8, 4) is 28.3 Å². The van der Waals surface area contributed by atoms with Crippen LogP contribution in [-0.4, -0.2) is 39.4 Å². The Morgan fingerprint density at radius 3 is 2.33 bits per heavy atom. The van der Waals surface area contributed by atoms with Crippen molar-refractivity contribution in [3.63, 3.8) is 0 Å². The van der Waals surface area contributed by atoms with Gasteiger partial charge in [0.05, 0.1) is 23.3 Å². The lowest BCUT2D eigenvalue weighted by molar-refractivity contribution is 0.0968. The van der Waals surface area contributed by atoms with Gasteiger partial charge in [-0.25, -0.2) is 14.8 Å². The highest BCUT2D eigenvalue weighted by Gasteiger charge is 2.18. The first-order chi connectivity index (χ1) is 21.8. The van der Waals surface area contributed by atoms with Crippen LogP contribution in [0.4, 0.5) is 11.5 Å². The van der Waals surface area contributed by atoms with Crippen molar-refractivity contribution in [2.75, 3.05) is 25.6 Å². The number of halogens is 1. The number of nitrogens with zero attached hydrogens (tertiary/aromatic N) is 4. The number of hydrogen-bond donors (Lipinski definition) is 2. The average molecular weight is 629 g/mol. The fourth-order valence-corrected chi connectivity index (χ4v) is 5.71. The maximum atomic E-state index is 13.0. The molecule has 6 rings (SSSR count). The van der Waals surface area contributed by atoms with Crippen LogP contribution in [0.2, 0.25) is 5.02 Å². The van der Waals surface area contributed by atoms with Crippen LogP contribution in [0.1, 0.15) is 30.4 Å². The van der Waals surface area contributed by atoms with E-state index in [4.69, 9.17) is 26.8 Å². The monoisotopic (exact) mass is 628 g/mol. The number of benzene rings is 2. The van der Waals surface area contributed by atoms with Crippen molar-refractivity contribution >= 4 is 34.0 Å². The molecular weight excluding hydrogens is 592 g/mol. The third-order valence-corrected chi connectivity index (χ3v) is 8.37. The Bertz CT molecular complexity index is 1950. The van der Waals surface area contributed by atoms with Crippen LogP contribution in [0, 0.1) is 6.92 Å². The van der Waals surface area contributed by atoms with Gasteiger partial charge in [0.15, 0.2) is 0 Å². The van der Waals surface area contributed by atoms with Crippen molar-refractivity contribution in [2.24, 2.45) is 19.8 Å². The fraction of sp³-hybridized carbons (Fsp3) is 0.294. The van der Waals surface area contributed by atoms with Crippen LogP contribution in [-0.2, 0) is 25.4 Å². The third kappa shape index (κ3) is 6.49. The minimum Gasteiger partial charge on any atom is -0.481 e. The summed E-state index contributed by atoms with van der Waals surface area (Å²) in [7, 11) is 4.64. The summed E-state index contributed by atoms with van der Waals surface area (Å²) in [5.74, 6) is 0.824. The Morgan fingerprint density at radius 2 is 1.67 bits per heavy atom. The molecule has 10 nitrogen and oxygen atoms in total. The summed E-state index contributed by atoms with van der Waals surface area (Å²) < 4.78 is 13.0. The van der Waals surface area contributed by atoms with Crippen LogP contribution < -0.4 is 27.0 Å². The molecule has 0 radical (unpaired) electrons. The number of hydrogen-bond acceptors (Lipinski definition) is 8. The van der Waals surface area contributed by atoms with Crippen LogP contribution >= 0.6 is 11.6 Å². The van der Waals surface area contributed by atoms with Gasteiger partial charge in [-0.15, -0.1) is 0 Å². The van der Waals surface area contributed by atoms with Gasteiger partial charge >= 0.3 is 5.69 Å². The average Bonchev–Trinajstić information content (AvgIpc) is 3.08. The number of aryl methyl sites for hydroxylation is 1. The number of pyridine rings is 2. The van der Waals surface area contributed by atoms with Gasteiger partial charge in [-0.05, 0) is 55.5 Å². The molecule has 0 unspecified atom stereocenters. The Kier molecular flexibility index (Phi) is 9.97. The minimum atomic E-state index is -0.420. The Labute approximate surface area is 266 Å². The molecule has 0 atom stereocenters. The molecular formula is C34H37ClN6O4. The number of anilines is 2.